The maximum Gasteiger partial charge on any atom is 0.433 e. The molecule has 0 radical (unpaired) electrons. The van der Waals surface area contributed by atoms with Crippen LogP contribution in [0.4, 0.5) is 19.1 Å². The third-order valence-electron chi connectivity index (χ3n) is 2.23. The van der Waals surface area contributed by atoms with Crippen molar-refractivity contribution in [1.29, 1.82) is 0 Å². The van der Waals surface area contributed by atoms with Crippen molar-refractivity contribution in [3.8, 4) is 0 Å². The summed E-state index contributed by atoms with van der Waals surface area (Å²) in [5.74, 6) is 0.418. The number of alkyl halides is 4. The van der Waals surface area contributed by atoms with Gasteiger partial charge in [0.15, 0.2) is 0 Å². The number of rotatable bonds is 5. The molecule has 0 aliphatic rings. The smallest absolute Gasteiger partial charge is 0.351 e. The van der Waals surface area contributed by atoms with E-state index in [0.29, 0.717) is 12.3 Å². The number of nitrogens with one attached hydrogen (secondary N) is 1. The second kappa shape index (κ2) is 6.05. The van der Waals surface area contributed by atoms with Crippen LogP contribution in [0.5, 0.6) is 0 Å². The summed E-state index contributed by atoms with van der Waals surface area (Å²) < 4.78 is 37.2. The topological polar surface area (TPSA) is 37.8 Å². The van der Waals surface area contributed by atoms with E-state index >= 15 is 0 Å². The highest BCUT2D eigenvalue weighted by Gasteiger charge is 2.32. The van der Waals surface area contributed by atoms with Crippen LogP contribution in [-0.2, 0) is 6.18 Å². The van der Waals surface area contributed by atoms with Crippen LogP contribution in [0, 0.1) is 0 Å². The zero-order valence-electron chi connectivity index (χ0n) is 9.26. The molecule has 1 aromatic rings. The molecule has 1 heterocycles. The molecule has 0 aromatic carbocycles. The molecule has 0 bridgehead atoms. The van der Waals surface area contributed by atoms with Gasteiger partial charge >= 0.3 is 6.18 Å². The fraction of sp³-hybridized carbons (Fsp3) is 0.600. The third kappa shape index (κ3) is 4.38. The number of hydrogen-bond acceptors (Lipinski definition) is 3. The summed E-state index contributed by atoms with van der Waals surface area (Å²) >= 11 is 5.58. The highest BCUT2D eigenvalue weighted by molar-refractivity contribution is 6.17. The van der Waals surface area contributed by atoms with Crippen molar-refractivity contribution in [3.63, 3.8) is 0 Å². The fourth-order valence-corrected chi connectivity index (χ4v) is 1.54. The molecule has 1 atom stereocenters. The van der Waals surface area contributed by atoms with Crippen molar-refractivity contribution in [2.45, 2.75) is 32.0 Å². The summed E-state index contributed by atoms with van der Waals surface area (Å²) in [6.45, 7) is 1.91. The maximum atomic E-state index is 12.4. The number of anilines is 1. The van der Waals surface area contributed by atoms with E-state index in [2.05, 4.69) is 15.3 Å². The Morgan fingerprint density at radius 3 is 2.71 bits per heavy atom. The van der Waals surface area contributed by atoms with E-state index in [1.165, 1.54) is 0 Å². The van der Waals surface area contributed by atoms with Crippen molar-refractivity contribution in [1.82, 2.24) is 9.97 Å². The van der Waals surface area contributed by atoms with Crippen LogP contribution in [0.2, 0.25) is 0 Å². The highest BCUT2D eigenvalue weighted by Crippen LogP contribution is 2.27. The Morgan fingerprint density at radius 2 is 2.18 bits per heavy atom. The first-order valence-corrected chi connectivity index (χ1v) is 5.73. The molecule has 96 valence electrons. The summed E-state index contributed by atoms with van der Waals surface area (Å²) in [6.07, 6.45) is -1.97. The van der Waals surface area contributed by atoms with Crippen LogP contribution in [-0.4, -0.2) is 21.9 Å². The van der Waals surface area contributed by atoms with Crippen molar-refractivity contribution < 1.29 is 13.2 Å². The Balaban J connectivity index is 2.78. The van der Waals surface area contributed by atoms with Crippen LogP contribution >= 0.6 is 11.6 Å². The molecule has 0 amide bonds. The zero-order chi connectivity index (χ0) is 12.9. The average molecular weight is 268 g/mol. The Morgan fingerprint density at radius 1 is 1.47 bits per heavy atom. The Bertz CT molecular complexity index is 357. The quantitative estimate of drug-likeness (QED) is 0.832. The molecule has 0 fully saturated rings. The molecule has 1 rings (SSSR count). The van der Waals surface area contributed by atoms with E-state index in [4.69, 9.17) is 11.6 Å². The van der Waals surface area contributed by atoms with Gasteiger partial charge in [-0.2, -0.15) is 13.2 Å². The van der Waals surface area contributed by atoms with Crippen molar-refractivity contribution in [2.75, 3.05) is 11.2 Å². The standard InChI is InChI=1S/C10H13ClF3N3/c1-2-7(3-5-11)16-9-15-6-4-8(17-9)10(12,13)14/h4,6-7H,2-3,5H2,1H3,(H,15,16,17). The molecule has 7 heteroatoms. The molecule has 0 saturated heterocycles. The predicted octanol–water partition coefficient (Wildman–Crippen LogP) is 3.31. The minimum atomic E-state index is -4.45. The van der Waals surface area contributed by atoms with Crippen LogP contribution in [0.1, 0.15) is 25.5 Å². The first-order valence-electron chi connectivity index (χ1n) is 5.20. The van der Waals surface area contributed by atoms with Crippen molar-refractivity contribution in [3.05, 3.63) is 18.0 Å². The number of hydrogen-bond donors (Lipinski definition) is 1. The summed E-state index contributed by atoms with van der Waals surface area (Å²) in [4.78, 5) is 7.18. The minimum Gasteiger partial charge on any atom is -0.351 e. The number of aromatic nitrogens is 2. The normalized spacial score (nSPS) is 13.5. The monoisotopic (exact) mass is 267 g/mol. The lowest BCUT2D eigenvalue weighted by Gasteiger charge is -2.16. The van der Waals surface area contributed by atoms with Gasteiger partial charge in [0.1, 0.15) is 5.69 Å². The zero-order valence-corrected chi connectivity index (χ0v) is 10.0. The van der Waals surface area contributed by atoms with Crippen molar-refractivity contribution in [2.24, 2.45) is 0 Å². The lowest BCUT2D eigenvalue weighted by atomic mass is 10.2. The average Bonchev–Trinajstić information content (AvgIpc) is 2.28. The lowest BCUT2D eigenvalue weighted by Crippen LogP contribution is -2.21. The highest BCUT2D eigenvalue weighted by atomic mass is 35.5. The van der Waals surface area contributed by atoms with Gasteiger partial charge in [0, 0.05) is 18.1 Å². The van der Waals surface area contributed by atoms with Gasteiger partial charge in [-0.15, -0.1) is 11.6 Å². The van der Waals surface area contributed by atoms with Gasteiger partial charge in [0.2, 0.25) is 5.95 Å². The lowest BCUT2D eigenvalue weighted by molar-refractivity contribution is -0.141. The maximum absolute atomic E-state index is 12.4. The fourth-order valence-electron chi connectivity index (χ4n) is 1.28. The van der Waals surface area contributed by atoms with Gasteiger partial charge in [0.05, 0.1) is 0 Å². The van der Waals surface area contributed by atoms with E-state index in [0.717, 1.165) is 18.7 Å². The molecule has 1 N–H and O–H groups in total. The van der Waals surface area contributed by atoms with Crippen LogP contribution in [0.25, 0.3) is 0 Å². The van der Waals surface area contributed by atoms with E-state index in [1.54, 1.807) is 0 Å². The molecule has 17 heavy (non-hydrogen) atoms. The molecule has 3 nitrogen and oxygen atoms in total. The van der Waals surface area contributed by atoms with Crippen LogP contribution in [0.15, 0.2) is 12.3 Å². The van der Waals surface area contributed by atoms with Gasteiger partial charge in [-0.25, -0.2) is 9.97 Å². The molecule has 1 unspecified atom stereocenters. The molecule has 0 saturated carbocycles. The molecular formula is C10H13ClF3N3. The molecule has 0 aliphatic heterocycles. The second-order valence-electron chi connectivity index (χ2n) is 3.49. The first-order chi connectivity index (χ1) is 7.97. The predicted molar refractivity (Wildman–Crippen MR) is 60.1 cm³/mol. The molecular weight excluding hydrogens is 255 g/mol. The van der Waals surface area contributed by atoms with Gasteiger partial charge in [-0.3, -0.25) is 0 Å². The number of nitrogens with zero attached hydrogens (tertiary/aromatic N) is 2. The third-order valence-corrected chi connectivity index (χ3v) is 2.45. The summed E-state index contributed by atoms with van der Waals surface area (Å²) in [7, 11) is 0. The van der Waals surface area contributed by atoms with Crippen molar-refractivity contribution >= 4 is 17.5 Å². The van der Waals surface area contributed by atoms with E-state index < -0.39 is 11.9 Å². The Labute approximate surface area is 102 Å². The van der Waals surface area contributed by atoms with Crippen LogP contribution in [0.3, 0.4) is 0 Å². The number of halogens is 4. The Hall–Kier alpha value is -1.04. The van der Waals surface area contributed by atoms with E-state index in [1.807, 2.05) is 6.92 Å². The van der Waals surface area contributed by atoms with E-state index in [-0.39, 0.29) is 12.0 Å². The SMILES string of the molecule is CCC(CCCl)Nc1nccc(C(F)(F)F)n1. The molecule has 0 aliphatic carbocycles. The second-order valence-corrected chi connectivity index (χ2v) is 3.87. The van der Waals surface area contributed by atoms with Crippen LogP contribution < -0.4 is 5.32 Å². The first kappa shape index (κ1) is 14.0. The minimum absolute atomic E-state index is 0.0169. The Kier molecular flexibility index (Phi) is 4.99. The summed E-state index contributed by atoms with van der Waals surface area (Å²) in [5, 5.41) is 2.84. The summed E-state index contributed by atoms with van der Waals surface area (Å²) in [6, 6.07) is 0.823. The largest absolute Gasteiger partial charge is 0.433 e. The van der Waals surface area contributed by atoms with E-state index in [9.17, 15) is 13.2 Å². The van der Waals surface area contributed by atoms with Gasteiger partial charge in [-0.05, 0) is 18.9 Å². The molecule has 0 spiro atoms. The summed E-state index contributed by atoms with van der Waals surface area (Å²) in [5.41, 5.74) is -0.948. The molecule has 1 aromatic heterocycles. The van der Waals surface area contributed by atoms with Gasteiger partial charge in [-0.1, -0.05) is 6.92 Å². The van der Waals surface area contributed by atoms with Gasteiger partial charge in [0.25, 0.3) is 0 Å². The van der Waals surface area contributed by atoms with Gasteiger partial charge < -0.3 is 5.32 Å².